The first-order valence-corrected chi connectivity index (χ1v) is 4.89. The lowest BCUT2D eigenvalue weighted by atomic mass is 10.2. The summed E-state index contributed by atoms with van der Waals surface area (Å²) < 4.78 is 0.934. The molecule has 1 nitrogen and oxygen atoms in total. The van der Waals surface area contributed by atoms with E-state index in [9.17, 15) is 0 Å². The molecule has 1 unspecified atom stereocenters. The highest BCUT2D eigenvalue weighted by Crippen LogP contribution is 2.16. The Morgan fingerprint density at radius 2 is 2.25 bits per heavy atom. The Kier molecular flexibility index (Phi) is 1.97. The number of nitrogens with zero attached hydrogens (tertiary/aromatic N) is 1. The molecular weight excluding hydrogens is 237 g/mol. The van der Waals surface area contributed by atoms with Crippen LogP contribution in [0.5, 0.6) is 0 Å². The van der Waals surface area contributed by atoms with E-state index in [1.165, 1.54) is 0 Å². The Morgan fingerprint density at radius 3 is 3.00 bits per heavy atom. The second-order valence-electron chi connectivity index (χ2n) is 2.83. The van der Waals surface area contributed by atoms with Crippen molar-refractivity contribution in [2.24, 2.45) is 4.99 Å². The third-order valence-corrected chi connectivity index (χ3v) is 3.16. The lowest BCUT2D eigenvalue weighted by Crippen LogP contribution is -2.22. The highest BCUT2D eigenvalue weighted by molar-refractivity contribution is 9.10. The molecule has 0 fully saturated rings. The van der Waals surface area contributed by atoms with Crippen LogP contribution in [0.15, 0.2) is 21.6 Å². The summed E-state index contributed by atoms with van der Waals surface area (Å²) in [6, 6.07) is 4.16. The van der Waals surface area contributed by atoms with Gasteiger partial charge in [0.15, 0.2) is 0 Å². The largest absolute Gasteiger partial charge is 0.278 e. The average molecular weight is 245 g/mol. The van der Waals surface area contributed by atoms with Crippen molar-refractivity contribution in [3.63, 3.8) is 0 Å². The summed E-state index contributed by atoms with van der Waals surface area (Å²) in [5, 5.41) is 2.81. The summed E-state index contributed by atoms with van der Waals surface area (Å²) in [6.45, 7) is 2.05. The monoisotopic (exact) mass is 243 g/mol. The van der Waals surface area contributed by atoms with Crippen LogP contribution in [0.1, 0.15) is 6.92 Å². The van der Waals surface area contributed by atoms with Gasteiger partial charge < -0.3 is 0 Å². The molecular formula is C9H7BrClN. The van der Waals surface area contributed by atoms with Crippen LogP contribution >= 0.6 is 27.5 Å². The quantitative estimate of drug-likeness (QED) is 0.661. The Morgan fingerprint density at radius 1 is 1.50 bits per heavy atom. The Balaban J connectivity index is 2.87. The van der Waals surface area contributed by atoms with Gasteiger partial charge in [0.05, 0.1) is 16.4 Å². The topological polar surface area (TPSA) is 12.4 Å². The van der Waals surface area contributed by atoms with E-state index in [2.05, 4.69) is 27.0 Å². The van der Waals surface area contributed by atoms with Crippen LogP contribution in [0, 0.1) is 0 Å². The first-order chi connectivity index (χ1) is 5.68. The smallest absolute Gasteiger partial charge is 0.0669 e. The molecule has 0 saturated heterocycles. The lowest BCUT2D eigenvalue weighted by molar-refractivity contribution is 0.955. The molecule has 0 aliphatic carbocycles. The molecule has 1 aliphatic heterocycles. The minimum absolute atomic E-state index is 0.256. The van der Waals surface area contributed by atoms with E-state index >= 15 is 0 Å². The third-order valence-electron chi connectivity index (χ3n) is 1.86. The number of fused-ring (bicyclic) bond motifs is 1. The maximum absolute atomic E-state index is 6.07. The molecule has 0 saturated carbocycles. The van der Waals surface area contributed by atoms with Crippen LogP contribution in [-0.2, 0) is 0 Å². The average Bonchev–Trinajstić information content (AvgIpc) is 2.39. The van der Waals surface area contributed by atoms with Crippen molar-refractivity contribution in [1.29, 1.82) is 0 Å². The summed E-state index contributed by atoms with van der Waals surface area (Å²) >= 11 is 9.44. The second-order valence-corrected chi connectivity index (χ2v) is 4.06. The number of halogens is 2. The van der Waals surface area contributed by atoms with Crippen molar-refractivity contribution in [3.8, 4) is 0 Å². The zero-order chi connectivity index (χ0) is 8.72. The molecule has 62 valence electrons. The minimum Gasteiger partial charge on any atom is -0.278 e. The molecule has 0 aromatic heterocycles. The summed E-state index contributed by atoms with van der Waals surface area (Å²) in [6.07, 6.45) is 2.07. The normalized spacial score (nSPS) is 19.8. The van der Waals surface area contributed by atoms with Crippen LogP contribution in [0.3, 0.4) is 0 Å². The fourth-order valence-corrected chi connectivity index (χ4v) is 1.89. The summed E-state index contributed by atoms with van der Waals surface area (Å²) in [4.78, 5) is 4.39. The number of hydrogen-bond donors (Lipinski definition) is 0. The highest BCUT2D eigenvalue weighted by atomic mass is 79.9. The van der Waals surface area contributed by atoms with Crippen LogP contribution < -0.4 is 10.6 Å². The lowest BCUT2D eigenvalue weighted by Gasteiger charge is -1.92. The van der Waals surface area contributed by atoms with Gasteiger partial charge in [-0.1, -0.05) is 11.6 Å². The molecule has 1 aliphatic rings. The van der Waals surface area contributed by atoms with Crippen LogP contribution in [0.25, 0.3) is 6.08 Å². The van der Waals surface area contributed by atoms with Crippen LogP contribution in [0.2, 0.25) is 5.02 Å². The molecule has 0 bridgehead atoms. The van der Waals surface area contributed by atoms with Gasteiger partial charge in [-0.2, -0.15) is 0 Å². The summed E-state index contributed by atoms with van der Waals surface area (Å²) in [5.74, 6) is 0. The summed E-state index contributed by atoms with van der Waals surface area (Å²) in [5.41, 5.74) is 0. The Bertz CT molecular complexity index is 439. The first kappa shape index (κ1) is 8.27. The van der Waals surface area contributed by atoms with E-state index in [0.717, 1.165) is 20.1 Å². The fourth-order valence-electron chi connectivity index (χ4n) is 1.33. The van der Waals surface area contributed by atoms with Gasteiger partial charge in [0, 0.05) is 9.69 Å². The number of benzene rings is 1. The van der Waals surface area contributed by atoms with Crippen molar-refractivity contribution >= 4 is 33.6 Å². The molecule has 0 N–H and O–H groups in total. The molecule has 1 atom stereocenters. The standard InChI is InChI=1S/C9H7BrClN/c1-5-4-6-8(12-5)3-2-7(10)9(6)11/h2-5H,1H3. The van der Waals surface area contributed by atoms with Crippen LogP contribution in [-0.4, -0.2) is 6.04 Å². The van der Waals surface area contributed by atoms with Crippen molar-refractivity contribution in [2.75, 3.05) is 0 Å². The SMILES string of the molecule is CC1C=c2c(Cl)c(Br)ccc2=N1. The molecule has 0 radical (unpaired) electrons. The van der Waals surface area contributed by atoms with Gasteiger partial charge in [0.1, 0.15) is 0 Å². The minimum atomic E-state index is 0.256. The molecule has 1 aromatic carbocycles. The Labute approximate surface area is 83.9 Å². The zero-order valence-corrected chi connectivity index (χ0v) is 8.85. The van der Waals surface area contributed by atoms with E-state index in [-0.39, 0.29) is 6.04 Å². The molecule has 0 spiro atoms. The predicted octanol–water partition coefficient (Wildman–Crippen LogP) is 1.90. The highest BCUT2D eigenvalue weighted by Gasteiger charge is 2.07. The van der Waals surface area contributed by atoms with Gasteiger partial charge in [-0.15, -0.1) is 0 Å². The number of rotatable bonds is 0. The molecule has 12 heavy (non-hydrogen) atoms. The summed E-state index contributed by atoms with van der Waals surface area (Å²) in [7, 11) is 0. The van der Waals surface area contributed by atoms with Gasteiger partial charge >= 0.3 is 0 Å². The van der Waals surface area contributed by atoms with Crippen molar-refractivity contribution < 1.29 is 0 Å². The first-order valence-electron chi connectivity index (χ1n) is 3.72. The van der Waals surface area contributed by atoms with Gasteiger partial charge in [-0.3, -0.25) is 4.99 Å². The van der Waals surface area contributed by atoms with E-state index in [0.29, 0.717) is 0 Å². The molecule has 2 rings (SSSR count). The predicted molar refractivity (Wildman–Crippen MR) is 53.9 cm³/mol. The number of hydrogen-bond acceptors (Lipinski definition) is 1. The molecule has 1 aromatic rings. The maximum Gasteiger partial charge on any atom is 0.0669 e. The van der Waals surface area contributed by atoms with Gasteiger partial charge in [0.2, 0.25) is 0 Å². The molecule has 3 heteroatoms. The van der Waals surface area contributed by atoms with Crippen molar-refractivity contribution in [3.05, 3.63) is 32.2 Å². The maximum atomic E-state index is 6.07. The van der Waals surface area contributed by atoms with Gasteiger partial charge in [0.25, 0.3) is 0 Å². The molecule has 0 amide bonds. The van der Waals surface area contributed by atoms with Crippen molar-refractivity contribution in [1.82, 2.24) is 0 Å². The van der Waals surface area contributed by atoms with Gasteiger partial charge in [-0.25, -0.2) is 0 Å². The van der Waals surface area contributed by atoms with Crippen LogP contribution in [0.4, 0.5) is 0 Å². The second kappa shape index (κ2) is 2.86. The van der Waals surface area contributed by atoms with Gasteiger partial charge in [-0.05, 0) is 41.1 Å². The molecule has 1 heterocycles. The van der Waals surface area contributed by atoms with E-state index in [4.69, 9.17) is 11.6 Å². The van der Waals surface area contributed by atoms with E-state index in [1.54, 1.807) is 0 Å². The van der Waals surface area contributed by atoms with E-state index in [1.807, 2.05) is 19.1 Å². The fraction of sp³-hybridized carbons (Fsp3) is 0.222. The van der Waals surface area contributed by atoms with E-state index < -0.39 is 0 Å². The van der Waals surface area contributed by atoms with Crippen molar-refractivity contribution in [2.45, 2.75) is 13.0 Å². The Hall–Kier alpha value is -0.340. The zero-order valence-electron chi connectivity index (χ0n) is 6.51. The third kappa shape index (κ3) is 1.19.